The molecule has 1 atom stereocenters. The van der Waals surface area contributed by atoms with E-state index in [0.29, 0.717) is 12.5 Å². The monoisotopic (exact) mass is 487 g/mol. The molecule has 2 heterocycles. The van der Waals surface area contributed by atoms with Crippen molar-refractivity contribution in [2.24, 2.45) is 4.99 Å². The van der Waals surface area contributed by atoms with Crippen molar-refractivity contribution in [2.75, 3.05) is 31.6 Å². The van der Waals surface area contributed by atoms with Crippen LogP contribution in [0, 0.1) is 0 Å². The van der Waals surface area contributed by atoms with Gasteiger partial charge in [-0.05, 0) is 53.8 Å². The van der Waals surface area contributed by atoms with Gasteiger partial charge in [-0.25, -0.2) is 4.98 Å². The lowest BCUT2D eigenvalue weighted by molar-refractivity contribution is 0.700. The van der Waals surface area contributed by atoms with Gasteiger partial charge in [0, 0.05) is 39.4 Å². The summed E-state index contributed by atoms with van der Waals surface area (Å²) in [6.07, 6.45) is 1.93. The Kier molecular flexibility index (Phi) is 10.6. The second kappa shape index (κ2) is 12.1. The Labute approximate surface area is 178 Å². The summed E-state index contributed by atoms with van der Waals surface area (Å²) in [4.78, 5) is 11.1. The zero-order chi connectivity index (χ0) is 18.1. The molecule has 0 fully saturated rings. The highest BCUT2D eigenvalue weighted by atomic mass is 127. The molecule has 2 aromatic heterocycles. The van der Waals surface area contributed by atoms with E-state index in [1.807, 2.05) is 6.20 Å². The maximum atomic E-state index is 4.56. The Balaban J connectivity index is 0.00000338. The SMILES string of the molecule is CCN(CC)c1ccc(CNC(=NC)NCC(C)c2ccsc2)cn1.I. The van der Waals surface area contributed by atoms with Crippen LogP contribution >= 0.6 is 35.3 Å². The zero-order valence-corrected chi connectivity index (χ0v) is 19.2. The van der Waals surface area contributed by atoms with Crippen LogP contribution in [0.2, 0.25) is 0 Å². The highest BCUT2D eigenvalue weighted by molar-refractivity contribution is 14.0. The highest BCUT2D eigenvalue weighted by Gasteiger charge is 2.07. The van der Waals surface area contributed by atoms with Crippen molar-refractivity contribution in [3.05, 3.63) is 46.3 Å². The maximum Gasteiger partial charge on any atom is 0.191 e. The van der Waals surface area contributed by atoms with Crippen molar-refractivity contribution in [3.8, 4) is 0 Å². The van der Waals surface area contributed by atoms with E-state index in [-0.39, 0.29) is 24.0 Å². The second-order valence-electron chi connectivity index (χ2n) is 5.96. The highest BCUT2D eigenvalue weighted by Crippen LogP contribution is 2.17. The number of nitrogens with zero attached hydrogens (tertiary/aromatic N) is 3. The summed E-state index contributed by atoms with van der Waals surface area (Å²) in [6.45, 7) is 10.0. The number of aliphatic imine (C=N–C) groups is 1. The Hall–Kier alpha value is -1.35. The van der Waals surface area contributed by atoms with Crippen LogP contribution in [0.3, 0.4) is 0 Å². The van der Waals surface area contributed by atoms with Crippen molar-refractivity contribution in [1.29, 1.82) is 0 Å². The molecule has 26 heavy (non-hydrogen) atoms. The average molecular weight is 487 g/mol. The van der Waals surface area contributed by atoms with Crippen LogP contribution in [0.5, 0.6) is 0 Å². The largest absolute Gasteiger partial charge is 0.357 e. The van der Waals surface area contributed by atoms with E-state index < -0.39 is 0 Å². The number of nitrogens with one attached hydrogen (secondary N) is 2. The lowest BCUT2D eigenvalue weighted by Gasteiger charge is -2.20. The minimum Gasteiger partial charge on any atom is -0.357 e. The van der Waals surface area contributed by atoms with E-state index in [1.165, 1.54) is 5.56 Å². The molecule has 0 saturated carbocycles. The van der Waals surface area contributed by atoms with Crippen LogP contribution in [0.25, 0.3) is 0 Å². The topological polar surface area (TPSA) is 52.5 Å². The summed E-state index contributed by atoms with van der Waals surface area (Å²) in [7, 11) is 1.80. The van der Waals surface area contributed by atoms with Crippen LogP contribution in [0.15, 0.2) is 40.1 Å². The van der Waals surface area contributed by atoms with Gasteiger partial charge in [-0.2, -0.15) is 11.3 Å². The Bertz CT molecular complexity index is 638. The molecule has 1 unspecified atom stereocenters. The Morgan fingerprint density at radius 2 is 2.00 bits per heavy atom. The quantitative estimate of drug-likeness (QED) is 0.335. The van der Waals surface area contributed by atoms with Crippen LogP contribution in [0.4, 0.5) is 5.82 Å². The first-order valence-electron chi connectivity index (χ1n) is 8.84. The molecule has 0 aromatic carbocycles. The fourth-order valence-corrected chi connectivity index (χ4v) is 3.37. The van der Waals surface area contributed by atoms with Gasteiger partial charge in [0.25, 0.3) is 0 Å². The van der Waals surface area contributed by atoms with Gasteiger partial charge in [-0.15, -0.1) is 24.0 Å². The third-order valence-corrected chi connectivity index (χ3v) is 4.97. The molecular weight excluding hydrogens is 457 g/mol. The van der Waals surface area contributed by atoms with Gasteiger partial charge in [0.2, 0.25) is 0 Å². The van der Waals surface area contributed by atoms with E-state index in [2.05, 4.69) is 75.2 Å². The van der Waals surface area contributed by atoms with Crippen LogP contribution in [-0.2, 0) is 6.54 Å². The standard InChI is InChI=1S/C19H29N5S.HI/c1-5-24(6-2)18-8-7-16(12-21-18)13-23-19(20-4)22-11-15(3)17-9-10-25-14-17;/h7-10,12,14-15H,5-6,11,13H2,1-4H3,(H2,20,22,23);1H. The molecule has 2 aromatic rings. The lowest BCUT2D eigenvalue weighted by atomic mass is 10.1. The molecule has 0 bridgehead atoms. The molecule has 0 aliphatic heterocycles. The van der Waals surface area contributed by atoms with Gasteiger partial charge in [0.15, 0.2) is 5.96 Å². The van der Waals surface area contributed by atoms with Gasteiger partial charge in [0.05, 0.1) is 0 Å². The predicted octanol–water partition coefficient (Wildman–Crippen LogP) is 4.08. The first-order valence-corrected chi connectivity index (χ1v) is 9.78. The average Bonchev–Trinajstić information content (AvgIpc) is 3.18. The van der Waals surface area contributed by atoms with Gasteiger partial charge in [0.1, 0.15) is 5.82 Å². The van der Waals surface area contributed by atoms with Crippen molar-refractivity contribution in [3.63, 3.8) is 0 Å². The molecule has 0 aliphatic carbocycles. The molecule has 7 heteroatoms. The first kappa shape index (κ1) is 22.7. The van der Waals surface area contributed by atoms with E-state index in [0.717, 1.165) is 37.0 Å². The number of anilines is 1. The minimum absolute atomic E-state index is 0. The minimum atomic E-state index is 0. The molecule has 0 saturated heterocycles. The zero-order valence-electron chi connectivity index (χ0n) is 16.0. The van der Waals surface area contributed by atoms with Crippen LogP contribution in [-0.4, -0.2) is 37.6 Å². The summed E-state index contributed by atoms with van der Waals surface area (Å²) in [5.74, 6) is 2.30. The van der Waals surface area contributed by atoms with E-state index in [9.17, 15) is 0 Å². The number of halogens is 1. The molecular formula is C19H30IN5S. The lowest BCUT2D eigenvalue weighted by Crippen LogP contribution is -2.38. The summed E-state index contributed by atoms with van der Waals surface area (Å²) in [6, 6.07) is 6.38. The van der Waals surface area contributed by atoms with Crippen molar-refractivity contribution < 1.29 is 0 Å². The summed E-state index contributed by atoms with van der Waals surface area (Å²) >= 11 is 1.74. The smallest absolute Gasteiger partial charge is 0.191 e. The van der Waals surface area contributed by atoms with E-state index >= 15 is 0 Å². The first-order chi connectivity index (χ1) is 12.2. The van der Waals surface area contributed by atoms with E-state index in [1.54, 1.807) is 18.4 Å². The molecule has 0 radical (unpaired) electrons. The molecule has 0 aliphatic rings. The van der Waals surface area contributed by atoms with Gasteiger partial charge in [-0.1, -0.05) is 13.0 Å². The molecule has 0 amide bonds. The number of guanidine groups is 1. The normalized spacial score (nSPS) is 12.2. The van der Waals surface area contributed by atoms with Gasteiger partial charge in [-0.3, -0.25) is 4.99 Å². The predicted molar refractivity (Wildman–Crippen MR) is 124 cm³/mol. The maximum absolute atomic E-state index is 4.56. The van der Waals surface area contributed by atoms with Crippen molar-refractivity contribution in [2.45, 2.75) is 33.2 Å². The molecule has 2 rings (SSSR count). The number of thiophene rings is 1. The fraction of sp³-hybridized carbons (Fsp3) is 0.474. The third kappa shape index (κ3) is 6.75. The second-order valence-corrected chi connectivity index (χ2v) is 6.74. The molecule has 5 nitrogen and oxygen atoms in total. The molecule has 0 spiro atoms. The van der Waals surface area contributed by atoms with E-state index in [4.69, 9.17) is 0 Å². The third-order valence-electron chi connectivity index (χ3n) is 4.27. The van der Waals surface area contributed by atoms with Crippen LogP contribution in [0.1, 0.15) is 37.8 Å². The molecule has 2 N–H and O–H groups in total. The summed E-state index contributed by atoms with van der Waals surface area (Å²) in [5, 5.41) is 11.1. The van der Waals surface area contributed by atoms with Crippen molar-refractivity contribution in [1.82, 2.24) is 15.6 Å². The van der Waals surface area contributed by atoms with Crippen molar-refractivity contribution >= 4 is 47.1 Å². The number of rotatable bonds is 8. The Morgan fingerprint density at radius 3 is 2.54 bits per heavy atom. The number of pyridine rings is 1. The van der Waals surface area contributed by atoms with Gasteiger partial charge >= 0.3 is 0 Å². The summed E-state index contributed by atoms with van der Waals surface area (Å²) in [5.41, 5.74) is 2.51. The summed E-state index contributed by atoms with van der Waals surface area (Å²) < 4.78 is 0. The number of hydrogen-bond acceptors (Lipinski definition) is 4. The Morgan fingerprint density at radius 1 is 1.23 bits per heavy atom. The molecule has 144 valence electrons. The fourth-order valence-electron chi connectivity index (χ4n) is 2.59. The van der Waals surface area contributed by atoms with Gasteiger partial charge < -0.3 is 15.5 Å². The van der Waals surface area contributed by atoms with Crippen LogP contribution < -0.4 is 15.5 Å². The number of hydrogen-bond donors (Lipinski definition) is 2. The number of aromatic nitrogens is 1.